The minimum atomic E-state index is -0.930. The second kappa shape index (κ2) is 4.38. The summed E-state index contributed by atoms with van der Waals surface area (Å²) < 4.78 is 31.3. The van der Waals surface area contributed by atoms with E-state index in [0.717, 1.165) is 31.4 Å². The lowest BCUT2D eigenvalue weighted by Gasteiger charge is -2.36. The van der Waals surface area contributed by atoms with Gasteiger partial charge in [0.05, 0.1) is 5.41 Å². The van der Waals surface area contributed by atoms with Crippen molar-refractivity contribution in [1.82, 2.24) is 10.1 Å². The van der Waals surface area contributed by atoms with Gasteiger partial charge in [0.25, 0.3) is 0 Å². The van der Waals surface area contributed by atoms with Crippen LogP contribution in [0.2, 0.25) is 0 Å². The van der Waals surface area contributed by atoms with E-state index in [1.807, 2.05) is 0 Å². The van der Waals surface area contributed by atoms with Crippen LogP contribution in [0.25, 0.3) is 11.4 Å². The highest BCUT2D eigenvalue weighted by Crippen LogP contribution is 2.42. The van der Waals surface area contributed by atoms with Crippen molar-refractivity contribution in [2.75, 3.05) is 6.54 Å². The Morgan fingerprint density at radius 1 is 1.26 bits per heavy atom. The highest BCUT2D eigenvalue weighted by Gasteiger charge is 2.42. The van der Waals surface area contributed by atoms with Crippen LogP contribution in [0.3, 0.4) is 0 Å². The lowest BCUT2D eigenvalue weighted by Crippen LogP contribution is -2.41. The van der Waals surface area contributed by atoms with Gasteiger partial charge in [-0.15, -0.1) is 0 Å². The third-order valence-corrected chi connectivity index (χ3v) is 3.76. The molecule has 4 nitrogen and oxygen atoms in total. The Morgan fingerprint density at radius 3 is 2.63 bits per heavy atom. The summed E-state index contributed by atoms with van der Waals surface area (Å²) in [6.45, 7) is 0.451. The number of nitrogens with two attached hydrogens (primary N) is 1. The molecule has 100 valence electrons. The first-order valence-corrected chi connectivity index (χ1v) is 6.14. The number of aromatic nitrogens is 2. The number of nitrogens with zero attached hydrogens (tertiary/aromatic N) is 2. The van der Waals surface area contributed by atoms with Crippen molar-refractivity contribution in [1.29, 1.82) is 0 Å². The zero-order valence-corrected chi connectivity index (χ0v) is 10.2. The largest absolute Gasteiger partial charge is 0.338 e. The van der Waals surface area contributed by atoms with E-state index in [9.17, 15) is 8.78 Å². The minimum Gasteiger partial charge on any atom is -0.338 e. The summed E-state index contributed by atoms with van der Waals surface area (Å²) in [4.78, 5) is 4.27. The fraction of sp³-hybridized carbons (Fsp3) is 0.385. The molecule has 1 aliphatic carbocycles. The molecule has 0 bridgehead atoms. The van der Waals surface area contributed by atoms with E-state index in [-0.39, 0.29) is 11.2 Å². The number of rotatable bonds is 3. The van der Waals surface area contributed by atoms with Gasteiger partial charge in [0, 0.05) is 12.1 Å². The Labute approximate surface area is 108 Å². The van der Waals surface area contributed by atoms with Crippen LogP contribution >= 0.6 is 0 Å². The van der Waals surface area contributed by atoms with E-state index in [2.05, 4.69) is 10.1 Å². The monoisotopic (exact) mass is 265 g/mol. The summed E-state index contributed by atoms with van der Waals surface area (Å²) in [5.74, 6) is -1.08. The summed E-state index contributed by atoms with van der Waals surface area (Å²) in [6, 6.07) is 3.52. The lowest BCUT2D eigenvalue weighted by molar-refractivity contribution is 0.182. The third kappa shape index (κ3) is 1.92. The van der Waals surface area contributed by atoms with Crippen LogP contribution in [0.4, 0.5) is 8.78 Å². The zero-order chi connectivity index (χ0) is 13.5. The van der Waals surface area contributed by atoms with Crippen LogP contribution in [0.5, 0.6) is 0 Å². The molecule has 0 radical (unpaired) electrons. The molecule has 0 atom stereocenters. The fourth-order valence-electron chi connectivity index (χ4n) is 2.30. The van der Waals surface area contributed by atoms with E-state index in [0.29, 0.717) is 18.0 Å². The van der Waals surface area contributed by atoms with Crippen LogP contribution in [-0.4, -0.2) is 16.7 Å². The van der Waals surface area contributed by atoms with Crippen molar-refractivity contribution >= 4 is 0 Å². The van der Waals surface area contributed by atoms with Gasteiger partial charge >= 0.3 is 0 Å². The molecule has 1 saturated carbocycles. The average Bonchev–Trinajstić information content (AvgIpc) is 2.82. The summed E-state index contributed by atoms with van der Waals surface area (Å²) in [5.41, 5.74) is 5.91. The van der Waals surface area contributed by atoms with Crippen LogP contribution in [0.1, 0.15) is 25.2 Å². The predicted octanol–water partition coefficient (Wildman–Crippen LogP) is 2.40. The van der Waals surface area contributed by atoms with Gasteiger partial charge < -0.3 is 10.3 Å². The molecule has 0 spiro atoms. The van der Waals surface area contributed by atoms with E-state index in [4.69, 9.17) is 10.3 Å². The van der Waals surface area contributed by atoms with E-state index in [1.54, 1.807) is 0 Å². The Balaban J connectivity index is 1.94. The van der Waals surface area contributed by atoms with Gasteiger partial charge in [-0.25, -0.2) is 8.78 Å². The van der Waals surface area contributed by atoms with Crippen molar-refractivity contribution < 1.29 is 13.3 Å². The fourth-order valence-corrected chi connectivity index (χ4v) is 2.30. The number of halogens is 2. The normalized spacial score (nSPS) is 17.2. The first-order valence-electron chi connectivity index (χ1n) is 6.14. The molecule has 0 aliphatic heterocycles. The maximum Gasteiger partial charge on any atom is 0.234 e. The third-order valence-electron chi connectivity index (χ3n) is 3.76. The molecule has 1 heterocycles. The van der Waals surface area contributed by atoms with Gasteiger partial charge in [-0.3, -0.25) is 0 Å². The van der Waals surface area contributed by atoms with E-state index in [1.165, 1.54) is 6.07 Å². The number of benzene rings is 1. The van der Waals surface area contributed by atoms with Crippen molar-refractivity contribution in [2.24, 2.45) is 5.73 Å². The maximum absolute atomic E-state index is 13.2. The summed E-state index contributed by atoms with van der Waals surface area (Å²) in [6.07, 6.45) is 2.92. The average molecular weight is 265 g/mol. The van der Waals surface area contributed by atoms with Crippen LogP contribution < -0.4 is 5.73 Å². The van der Waals surface area contributed by atoms with Crippen LogP contribution in [-0.2, 0) is 5.41 Å². The molecule has 1 aliphatic rings. The van der Waals surface area contributed by atoms with Crippen LogP contribution in [0, 0.1) is 11.6 Å². The first-order chi connectivity index (χ1) is 9.14. The summed E-state index contributed by atoms with van der Waals surface area (Å²) >= 11 is 0. The van der Waals surface area contributed by atoms with Crippen molar-refractivity contribution in [3.63, 3.8) is 0 Å². The Bertz CT molecular complexity index is 602. The molecule has 3 rings (SSSR count). The molecular weight excluding hydrogens is 252 g/mol. The quantitative estimate of drug-likeness (QED) is 0.925. The summed E-state index contributed by atoms with van der Waals surface area (Å²) in [5, 5.41) is 3.82. The maximum atomic E-state index is 13.2. The van der Waals surface area contributed by atoms with Crippen LogP contribution in [0.15, 0.2) is 22.7 Å². The summed E-state index contributed by atoms with van der Waals surface area (Å²) in [7, 11) is 0. The smallest absolute Gasteiger partial charge is 0.234 e. The Hall–Kier alpha value is -1.82. The second-order valence-electron chi connectivity index (χ2n) is 4.89. The molecule has 6 heteroatoms. The highest BCUT2D eigenvalue weighted by molar-refractivity contribution is 5.54. The number of hydrogen-bond donors (Lipinski definition) is 1. The highest BCUT2D eigenvalue weighted by atomic mass is 19.2. The molecule has 1 aromatic heterocycles. The minimum absolute atomic E-state index is 0.232. The molecule has 1 aromatic carbocycles. The molecule has 19 heavy (non-hydrogen) atoms. The van der Waals surface area contributed by atoms with Gasteiger partial charge in [-0.1, -0.05) is 11.6 Å². The molecule has 0 saturated heterocycles. The predicted molar refractivity (Wildman–Crippen MR) is 64.2 cm³/mol. The van der Waals surface area contributed by atoms with E-state index < -0.39 is 11.6 Å². The van der Waals surface area contributed by atoms with Gasteiger partial charge in [0.15, 0.2) is 11.6 Å². The molecular formula is C13H13F2N3O. The van der Waals surface area contributed by atoms with Gasteiger partial charge in [0.1, 0.15) is 0 Å². The standard InChI is InChI=1S/C13H13F2N3O/c14-9-3-2-8(6-10(9)15)11-17-12(19-18-11)13(7-16)4-1-5-13/h2-3,6H,1,4-5,7,16H2. The lowest BCUT2D eigenvalue weighted by atomic mass is 9.69. The van der Waals surface area contributed by atoms with Gasteiger partial charge in [-0.05, 0) is 31.0 Å². The molecule has 0 amide bonds. The second-order valence-corrected chi connectivity index (χ2v) is 4.89. The molecule has 2 aromatic rings. The zero-order valence-electron chi connectivity index (χ0n) is 10.2. The van der Waals surface area contributed by atoms with E-state index >= 15 is 0 Å². The first kappa shape index (κ1) is 12.2. The van der Waals surface area contributed by atoms with Gasteiger partial charge in [0.2, 0.25) is 11.7 Å². The Kier molecular flexibility index (Phi) is 2.82. The van der Waals surface area contributed by atoms with Crippen molar-refractivity contribution in [3.8, 4) is 11.4 Å². The molecule has 0 unspecified atom stereocenters. The van der Waals surface area contributed by atoms with Gasteiger partial charge in [-0.2, -0.15) is 4.98 Å². The molecule has 1 fully saturated rings. The molecule has 2 N–H and O–H groups in total. The topological polar surface area (TPSA) is 64.9 Å². The van der Waals surface area contributed by atoms with Crippen molar-refractivity contribution in [2.45, 2.75) is 24.7 Å². The van der Waals surface area contributed by atoms with Crippen molar-refractivity contribution in [3.05, 3.63) is 35.7 Å². The number of hydrogen-bond acceptors (Lipinski definition) is 4. The SMILES string of the molecule is NCC1(c2nc(-c3ccc(F)c(F)c3)no2)CCC1. The Morgan fingerprint density at radius 2 is 2.05 bits per heavy atom.